The maximum absolute atomic E-state index is 12.8. The Hall–Kier alpha value is -2.51. The molecule has 0 spiro atoms. The summed E-state index contributed by atoms with van der Waals surface area (Å²) >= 11 is 4.70. The second-order valence-corrected chi connectivity index (χ2v) is 8.16. The van der Waals surface area contributed by atoms with Crippen molar-refractivity contribution in [2.45, 2.75) is 19.4 Å². The number of hydrogen-bond donors (Lipinski definition) is 1. The third kappa shape index (κ3) is 4.85. The van der Waals surface area contributed by atoms with Crippen molar-refractivity contribution in [1.29, 1.82) is 0 Å². The molecule has 28 heavy (non-hydrogen) atoms. The summed E-state index contributed by atoms with van der Waals surface area (Å²) in [6.07, 6.45) is 0.659. The molecule has 0 aliphatic rings. The minimum atomic E-state index is -0.885. The van der Waals surface area contributed by atoms with Gasteiger partial charge < -0.3 is 10.1 Å². The van der Waals surface area contributed by atoms with E-state index < -0.39 is 12.0 Å². The number of carbonyl (C=O) groups excluding carboxylic acids is 2. The molecule has 0 aliphatic carbocycles. The van der Waals surface area contributed by atoms with E-state index in [1.54, 1.807) is 19.1 Å². The maximum Gasteiger partial charge on any atom is 0.333 e. The van der Waals surface area contributed by atoms with Crippen LogP contribution in [0.15, 0.2) is 59.1 Å². The van der Waals surface area contributed by atoms with Crippen molar-refractivity contribution in [3.63, 3.8) is 0 Å². The van der Waals surface area contributed by atoms with Gasteiger partial charge in [0.25, 0.3) is 5.91 Å². The Balaban J connectivity index is 1.80. The van der Waals surface area contributed by atoms with Crippen molar-refractivity contribution < 1.29 is 14.3 Å². The van der Waals surface area contributed by atoms with Gasteiger partial charge in [-0.15, -0.1) is 11.3 Å². The maximum atomic E-state index is 12.8. The van der Waals surface area contributed by atoms with Gasteiger partial charge in [0.1, 0.15) is 4.88 Å². The molecule has 0 aliphatic heterocycles. The zero-order valence-electron chi connectivity index (χ0n) is 15.4. The van der Waals surface area contributed by atoms with E-state index in [9.17, 15) is 9.59 Å². The van der Waals surface area contributed by atoms with Crippen molar-refractivity contribution in [3.8, 4) is 0 Å². The van der Waals surface area contributed by atoms with Crippen LogP contribution in [0, 0.1) is 6.92 Å². The number of carbonyl (C=O) groups is 2. The first kappa shape index (κ1) is 20.2. The number of rotatable bonds is 6. The summed E-state index contributed by atoms with van der Waals surface area (Å²) in [4.78, 5) is 30.1. The predicted octanol–water partition coefficient (Wildman–Crippen LogP) is 4.45. The first-order valence-electron chi connectivity index (χ1n) is 8.62. The van der Waals surface area contributed by atoms with Crippen molar-refractivity contribution in [2.24, 2.45) is 0 Å². The quantitative estimate of drug-likeness (QED) is 0.554. The molecular formula is C21H19BrN2O3S. The van der Waals surface area contributed by atoms with E-state index in [1.807, 2.05) is 42.5 Å². The van der Waals surface area contributed by atoms with Gasteiger partial charge in [-0.05, 0) is 30.2 Å². The molecule has 1 aromatic heterocycles. The summed E-state index contributed by atoms with van der Waals surface area (Å²) in [5.41, 5.74) is 2.42. The lowest BCUT2D eigenvalue weighted by Crippen LogP contribution is -2.34. The van der Waals surface area contributed by atoms with E-state index in [-0.39, 0.29) is 5.91 Å². The van der Waals surface area contributed by atoms with Crippen molar-refractivity contribution in [1.82, 2.24) is 10.3 Å². The fraction of sp³-hybridized carbons (Fsp3) is 0.190. The number of thiazole rings is 1. The van der Waals surface area contributed by atoms with Crippen LogP contribution in [0.3, 0.4) is 0 Å². The molecule has 1 amide bonds. The van der Waals surface area contributed by atoms with Crippen LogP contribution >= 0.6 is 27.3 Å². The van der Waals surface area contributed by atoms with E-state index in [4.69, 9.17) is 4.74 Å². The second kappa shape index (κ2) is 9.12. The second-order valence-electron chi connectivity index (χ2n) is 6.17. The molecule has 1 heterocycles. The van der Waals surface area contributed by atoms with Gasteiger partial charge in [-0.3, -0.25) is 4.79 Å². The average molecular weight is 459 g/mol. The van der Waals surface area contributed by atoms with E-state index >= 15 is 0 Å². The summed E-state index contributed by atoms with van der Waals surface area (Å²) < 4.78 is 5.75. The molecule has 3 rings (SSSR count). The van der Waals surface area contributed by atoms with Gasteiger partial charge in [0, 0.05) is 10.9 Å². The number of nitrogens with one attached hydrogen (secondary N) is 1. The highest BCUT2D eigenvalue weighted by Crippen LogP contribution is 2.23. The molecule has 1 N–H and O–H groups in total. The summed E-state index contributed by atoms with van der Waals surface area (Å²) in [5.74, 6) is -0.866. The van der Waals surface area contributed by atoms with E-state index in [0.717, 1.165) is 15.0 Å². The highest BCUT2D eigenvalue weighted by Gasteiger charge is 2.26. The fourth-order valence-corrected chi connectivity index (χ4v) is 4.02. The first-order valence-corrected chi connectivity index (χ1v) is 10.2. The number of benzene rings is 2. The predicted molar refractivity (Wildman–Crippen MR) is 112 cm³/mol. The molecule has 5 nitrogen and oxygen atoms in total. The Morgan fingerprint density at radius 1 is 1.14 bits per heavy atom. The van der Waals surface area contributed by atoms with E-state index in [2.05, 4.69) is 26.2 Å². The molecule has 0 saturated heterocycles. The number of nitrogens with zero attached hydrogens (tertiary/aromatic N) is 1. The van der Waals surface area contributed by atoms with Crippen molar-refractivity contribution >= 4 is 39.1 Å². The van der Waals surface area contributed by atoms with E-state index in [1.165, 1.54) is 18.4 Å². The van der Waals surface area contributed by atoms with Gasteiger partial charge in [-0.1, -0.05) is 58.4 Å². The molecule has 2 aromatic carbocycles. The summed E-state index contributed by atoms with van der Waals surface area (Å²) in [7, 11) is 1.30. The van der Waals surface area contributed by atoms with Crippen LogP contribution in [0.2, 0.25) is 0 Å². The number of halogens is 1. The Bertz CT molecular complexity index is 971. The van der Waals surface area contributed by atoms with E-state index in [0.29, 0.717) is 22.6 Å². The van der Waals surface area contributed by atoms with Crippen LogP contribution < -0.4 is 5.32 Å². The van der Waals surface area contributed by atoms with Gasteiger partial charge >= 0.3 is 5.97 Å². The number of aryl methyl sites for hydroxylation is 1. The van der Waals surface area contributed by atoms with Gasteiger partial charge in [0.2, 0.25) is 0 Å². The van der Waals surface area contributed by atoms with Gasteiger partial charge in [0.05, 0.1) is 17.8 Å². The Morgan fingerprint density at radius 2 is 1.82 bits per heavy atom. The zero-order chi connectivity index (χ0) is 20.1. The van der Waals surface area contributed by atoms with Crippen molar-refractivity contribution in [2.75, 3.05) is 7.11 Å². The largest absolute Gasteiger partial charge is 0.467 e. The fourth-order valence-electron chi connectivity index (χ4n) is 2.76. The van der Waals surface area contributed by atoms with Crippen molar-refractivity contribution in [3.05, 3.63) is 85.8 Å². The molecule has 0 saturated carbocycles. The third-order valence-corrected chi connectivity index (χ3v) is 5.85. The molecule has 0 radical (unpaired) electrons. The molecule has 0 bridgehead atoms. The van der Waals surface area contributed by atoms with Crippen LogP contribution in [-0.2, 0) is 16.0 Å². The smallest absolute Gasteiger partial charge is 0.333 e. The number of hydrogen-bond acceptors (Lipinski definition) is 5. The van der Waals surface area contributed by atoms with Gasteiger partial charge in [-0.2, -0.15) is 0 Å². The minimum Gasteiger partial charge on any atom is -0.467 e. The number of ether oxygens (including phenoxy) is 1. The first-order chi connectivity index (χ1) is 13.5. The average Bonchev–Trinajstić information content (AvgIpc) is 3.07. The molecule has 144 valence electrons. The lowest BCUT2D eigenvalue weighted by atomic mass is 10.1. The Morgan fingerprint density at radius 3 is 2.46 bits per heavy atom. The number of methoxy groups -OCH3 is 1. The van der Waals surface area contributed by atoms with Crippen LogP contribution in [0.1, 0.15) is 37.5 Å². The SMILES string of the molecule is COC(=O)C(NC(=O)c1sc(Cc2ccccc2)nc1C)c1ccc(Br)cc1. The Labute approximate surface area is 175 Å². The van der Waals surface area contributed by atoms with Gasteiger partial charge in [0.15, 0.2) is 6.04 Å². The Kier molecular flexibility index (Phi) is 6.59. The lowest BCUT2D eigenvalue weighted by Gasteiger charge is -2.16. The highest BCUT2D eigenvalue weighted by atomic mass is 79.9. The lowest BCUT2D eigenvalue weighted by molar-refractivity contribution is -0.143. The molecule has 0 fully saturated rings. The molecule has 3 aromatic rings. The van der Waals surface area contributed by atoms with Crippen LogP contribution in [-0.4, -0.2) is 24.0 Å². The van der Waals surface area contributed by atoms with Crippen LogP contribution in [0.5, 0.6) is 0 Å². The summed E-state index contributed by atoms with van der Waals surface area (Å²) in [5, 5.41) is 3.63. The molecule has 7 heteroatoms. The molecule has 1 unspecified atom stereocenters. The third-order valence-electron chi connectivity index (χ3n) is 4.16. The zero-order valence-corrected chi connectivity index (χ0v) is 17.8. The van der Waals surface area contributed by atoms with Crippen LogP contribution in [0.4, 0.5) is 0 Å². The standard InChI is InChI=1S/C21H19BrN2O3S/c1-13-19(28-17(23-13)12-14-6-4-3-5-7-14)20(25)24-18(21(26)27-2)15-8-10-16(22)11-9-15/h3-11,18H,12H2,1-2H3,(H,24,25). The van der Waals surface area contributed by atoms with Crippen LogP contribution in [0.25, 0.3) is 0 Å². The summed E-state index contributed by atoms with van der Waals surface area (Å²) in [6.45, 7) is 1.80. The number of amides is 1. The minimum absolute atomic E-state index is 0.340. The molecule has 1 atom stereocenters. The summed E-state index contributed by atoms with van der Waals surface area (Å²) in [6, 6.07) is 16.2. The number of aromatic nitrogens is 1. The number of esters is 1. The molecular weight excluding hydrogens is 440 g/mol. The monoisotopic (exact) mass is 458 g/mol. The topological polar surface area (TPSA) is 68.3 Å². The van der Waals surface area contributed by atoms with Gasteiger partial charge in [-0.25, -0.2) is 9.78 Å². The normalized spacial score (nSPS) is 11.7. The highest BCUT2D eigenvalue weighted by molar-refractivity contribution is 9.10.